The van der Waals surface area contributed by atoms with E-state index in [0.29, 0.717) is 22.8 Å². The van der Waals surface area contributed by atoms with Crippen molar-refractivity contribution >= 4 is 38.1 Å². The van der Waals surface area contributed by atoms with Gasteiger partial charge in [-0.2, -0.15) is 0 Å². The van der Waals surface area contributed by atoms with Crippen molar-refractivity contribution in [2.45, 2.75) is 17.7 Å². The molecule has 3 rings (SSSR count). The van der Waals surface area contributed by atoms with E-state index < -0.39 is 9.84 Å². The Labute approximate surface area is 179 Å². The summed E-state index contributed by atoms with van der Waals surface area (Å²) in [4.78, 5) is 28.7. The van der Waals surface area contributed by atoms with Gasteiger partial charge in [0.25, 0.3) is 5.91 Å². The predicted octanol–water partition coefficient (Wildman–Crippen LogP) is 2.92. The van der Waals surface area contributed by atoms with Gasteiger partial charge in [-0.25, -0.2) is 13.4 Å². The minimum Gasteiger partial charge on any atom is -0.356 e. The fraction of sp³-hybridized carbons (Fsp3) is 0.190. The smallest absolute Gasteiger partial charge is 0.257 e. The van der Waals surface area contributed by atoms with Gasteiger partial charge in [0.2, 0.25) is 5.91 Å². The Morgan fingerprint density at radius 1 is 0.967 bits per heavy atom. The number of aromatic nitrogens is 1. The fourth-order valence-corrected chi connectivity index (χ4v) is 4.70. The standard InChI is InChI=1S/C21H21N3O4S2/c25-19(22-12-7-13-30(27,28)18-10-5-2-6-11-18)14-17-15-29-21(23-17)24-20(26)16-8-3-1-4-9-16/h1-6,8-11,15H,7,12-14H2,(H,22,25)(H,23,24,26). The molecule has 1 heterocycles. The maximum absolute atomic E-state index is 12.2. The van der Waals surface area contributed by atoms with Crippen molar-refractivity contribution in [1.29, 1.82) is 0 Å². The van der Waals surface area contributed by atoms with Gasteiger partial charge in [-0.3, -0.25) is 14.9 Å². The van der Waals surface area contributed by atoms with Gasteiger partial charge in [0.05, 0.1) is 22.8 Å². The average molecular weight is 444 g/mol. The Morgan fingerprint density at radius 3 is 2.33 bits per heavy atom. The van der Waals surface area contributed by atoms with E-state index in [1.807, 2.05) is 6.07 Å². The minimum absolute atomic E-state index is 0.0380. The normalized spacial score (nSPS) is 11.1. The molecule has 0 saturated carbocycles. The molecule has 0 spiro atoms. The van der Waals surface area contributed by atoms with E-state index in [1.54, 1.807) is 60.0 Å². The first kappa shape index (κ1) is 21.7. The lowest BCUT2D eigenvalue weighted by Gasteiger charge is -2.06. The van der Waals surface area contributed by atoms with Crippen molar-refractivity contribution in [2.24, 2.45) is 0 Å². The lowest BCUT2D eigenvalue weighted by molar-refractivity contribution is -0.120. The first-order valence-corrected chi connectivity index (χ1v) is 11.8. The zero-order chi connectivity index (χ0) is 21.4. The van der Waals surface area contributed by atoms with E-state index in [4.69, 9.17) is 0 Å². The summed E-state index contributed by atoms with van der Waals surface area (Å²) in [6.07, 6.45) is 0.377. The molecule has 9 heteroatoms. The Balaban J connectivity index is 1.42. The largest absolute Gasteiger partial charge is 0.356 e. The van der Waals surface area contributed by atoms with Gasteiger partial charge in [0.1, 0.15) is 0 Å². The number of carbonyl (C=O) groups excluding carboxylic acids is 2. The highest BCUT2D eigenvalue weighted by atomic mass is 32.2. The number of rotatable bonds is 9. The number of hydrogen-bond acceptors (Lipinski definition) is 6. The number of carbonyl (C=O) groups is 2. The van der Waals surface area contributed by atoms with Crippen molar-refractivity contribution in [3.63, 3.8) is 0 Å². The number of sulfone groups is 1. The first-order valence-electron chi connectivity index (χ1n) is 9.29. The first-order chi connectivity index (χ1) is 14.4. The van der Waals surface area contributed by atoms with Crippen LogP contribution in [0.25, 0.3) is 0 Å². The van der Waals surface area contributed by atoms with E-state index >= 15 is 0 Å². The van der Waals surface area contributed by atoms with Gasteiger partial charge in [0.15, 0.2) is 15.0 Å². The second-order valence-corrected chi connectivity index (χ2v) is 9.44. The number of thiazole rings is 1. The molecule has 1 aromatic heterocycles. The van der Waals surface area contributed by atoms with Gasteiger partial charge in [0, 0.05) is 17.5 Å². The van der Waals surface area contributed by atoms with Crippen LogP contribution in [0.15, 0.2) is 70.9 Å². The summed E-state index contributed by atoms with van der Waals surface area (Å²) in [6, 6.07) is 17.0. The van der Waals surface area contributed by atoms with Gasteiger partial charge in [-0.15, -0.1) is 11.3 Å². The monoisotopic (exact) mass is 443 g/mol. The number of nitrogens with zero attached hydrogens (tertiary/aromatic N) is 1. The summed E-state index contributed by atoms with van der Waals surface area (Å²) in [7, 11) is -3.35. The Hall–Kier alpha value is -3.04. The van der Waals surface area contributed by atoms with E-state index in [1.165, 1.54) is 11.3 Å². The highest BCUT2D eigenvalue weighted by Gasteiger charge is 2.14. The second-order valence-electron chi connectivity index (χ2n) is 6.48. The topological polar surface area (TPSA) is 105 Å². The third-order valence-electron chi connectivity index (χ3n) is 4.16. The zero-order valence-electron chi connectivity index (χ0n) is 16.1. The van der Waals surface area contributed by atoms with Crippen LogP contribution in [-0.4, -0.2) is 37.5 Å². The third kappa shape index (κ3) is 6.23. The summed E-state index contributed by atoms with van der Waals surface area (Å²) < 4.78 is 24.4. The molecule has 3 aromatic rings. The molecule has 0 aliphatic rings. The summed E-state index contributed by atoms with van der Waals surface area (Å²) >= 11 is 1.24. The molecule has 30 heavy (non-hydrogen) atoms. The Bertz CT molecular complexity index is 1100. The van der Waals surface area contributed by atoms with Crippen molar-refractivity contribution < 1.29 is 18.0 Å². The van der Waals surface area contributed by atoms with Crippen LogP contribution in [0.1, 0.15) is 22.5 Å². The molecule has 0 saturated heterocycles. The van der Waals surface area contributed by atoms with E-state index in [-0.39, 0.29) is 35.4 Å². The van der Waals surface area contributed by atoms with Gasteiger partial charge in [-0.05, 0) is 30.7 Å². The molecule has 0 unspecified atom stereocenters. The van der Waals surface area contributed by atoms with E-state index in [0.717, 1.165) is 0 Å². The number of hydrogen-bond donors (Lipinski definition) is 2. The van der Waals surface area contributed by atoms with E-state index in [2.05, 4.69) is 15.6 Å². The Morgan fingerprint density at radius 2 is 1.63 bits per heavy atom. The second kappa shape index (κ2) is 10.1. The maximum Gasteiger partial charge on any atom is 0.257 e. The molecule has 0 aliphatic heterocycles. The average Bonchev–Trinajstić information content (AvgIpc) is 3.19. The lowest BCUT2D eigenvalue weighted by Crippen LogP contribution is -2.27. The molecular formula is C21H21N3O4S2. The van der Waals surface area contributed by atoms with Gasteiger partial charge in [-0.1, -0.05) is 36.4 Å². The zero-order valence-corrected chi connectivity index (χ0v) is 17.7. The summed E-state index contributed by atoms with van der Waals surface area (Å²) in [5, 5.41) is 7.54. The summed E-state index contributed by atoms with van der Waals surface area (Å²) in [5.74, 6) is -0.553. The molecule has 0 atom stereocenters. The molecule has 0 fully saturated rings. The van der Waals surface area contributed by atoms with Crippen LogP contribution in [-0.2, 0) is 21.1 Å². The van der Waals surface area contributed by atoms with Crippen LogP contribution in [0.5, 0.6) is 0 Å². The predicted molar refractivity (Wildman–Crippen MR) is 116 cm³/mol. The Kier molecular flexibility index (Phi) is 7.31. The molecule has 156 valence electrons. The van der Waals surface area contributed by atoms with E-state index in [9.17, 15) is 18.0 Å². The third-order valence-corrected chi connectivity index (χ3v) is 6.79. The van der Waals surface area contributed by atoms with Crippen LogP contribution in [0.2, 0.25) is 0 Å². The van der Waals surface area contributed by atoms with Crippen LogP contribution in [0, 0.1) is 0 Å². The number of benzene rings is 2. The summed E-state index contributed by atoms with van der Waals surface area (Å²) in [6.45, 7) is 0.257. The quantitative estimate of drug-likeness (QED) is 0.495. The number of nitrogens with one attached hydrogen (secondary N) is 2. The molecule has 0 aliphatic carbocycles. The van der Waals surface area contributed by atoms with Gasteiger partial charge >= 0.3 is 0 Å². The molecule has 0 bridgehead atoms. The van der Waals surface area contributed by atoms with Crippen molar-refractivity contribution in [2.75, 3.05) is 17.6 Å². The lowest BCUT2D eigenvalue weighted by atomic mass is 10.2. The van der Waals surface area contributed by atoms with Gasteiger partial charge < -0.3 is 5.32 Å². The highest BCUT2D eigenvalue weighted by molar-refractivity contribution is 7.91. The molecule has 2 amide bonds. The number of amides is 2. The van der Waals surface area contributed by atoms with Crippen molar-refractivity contribution in [1.82, 2.24) is 10.3 Å². The van der Waals surface area contributed by atoms with Crippen molar-refractivity contribution in [3.05, 3.63) is 77.3 Å². The molecule has 2 aromatic carbocycles. The molecule has 2 N–H and O–H groups in total. The minimum atomic E-state index is -3.35. The molecule has 0 radical (unpaired) electrons. The molecular weight excluding hydrogens is 422 g/mol. The van der Waals surface area contributed by atoms with Crippen LogP contribution >= 0.6 is 11.3 Å². The summed E-state index contributed by atoms with van der Waals surface area (Å²) in [5.41, 5.74) is 1.07. The molecule has 7 nitrogen and oxygen atoms in total. The highest BCUT2D eigenvalue weighted by Crippen LogP contribution is 2.17. The van der Waals surface area contributed by atoms with Crippen LogP contribution in [0.3, 0.4) is 0 Å². The van der Waals surface area contributed by atoms with Crippen LogP contribution in [0.4, 0.5) is 5.13 Å². The fourth-order valence-electron chi connectivity index (χ4n) is 2.67. The SMILES string of the molecule is O=C(Cc1csc(NC(=O)c2ccccc2)n1)NCCCS(=O)(=O)c1ccccc1. The number of anilines is 1. The maximum atomic E-state index is 12.2. The van der Waals surface area contributed by atoms with Crippen LogP contribution < -0.4 is 10.6 Å². The van der Waals surface area contributed by atoms with Crippen molar-refractivity contribution in [3.8, 4) is 0 Å².